The van der Waals surface area contributed by atoms with Crippen LogP contribution in [-0.4, -0.2) is 34.6 Å². The van der Waals surface area contributed by atoms with Crippen LogP contribution < -0.4 is 5.32 Å². The second-order valence-electron chi connectivity index (χ2n) is 7.90. The van der Waals surface area contributed by atoms with Crippen molar-refractivity contribution in [3.8, 4) is 0 Å². The second-order valence-corrected chi connectivity index (χ2v) is 9.73. The average Bonchev–Trinajstić information content (AvgIpc) is 3.26. The molecule has 0 spiro atoms. The largest absolute Gasteiger partial charge is 0.352 e. The molecule has 1 aliphatic rings. The van der Waals surface area contributed by atoms with Gasteiger partial charge in [0.2, 0.25) is 11.8 Å². The number of carbonyl (C=O) groups excluding carboxylic acids is 2. The lowest BCUT2D eigenvalue weighted by Gasteiger charge is -2.29. The number of nitrogens with zero attached hydrogens (tertiary/aromatic N) is 1. The standard InChI is InChI=1S/C24H28Cl2N2O2S/c1-17(24(30)27-21-9-5-6-10-21)28(14-18-7-3-2-4-8-18)23(29)16-31-15-19-11-12-20(25)13-22(19)26/h2-4,7-8,11-13,17,21H,5-6,9-10,14-16H2,1H3,(H,27,30)/t17-/m0/s1. The topological polar surface area (TPSA) is 49.4 Å². The Morgan fingerprint density at radius 2 is 1.84 bits per heavy atom. The first-order valence-electron chi connectivity index (χ1n) is 10.6. The van der Waals surface area contributed by atoms with E-state index in [1.54, 1.807) is 17.0 Å². The highest BCUT2D eigenvalue weighted by atomic mass is 35.5. The summed E-state index contributed by atoms with van der Waals surface area (Å²) < 4.78 is 0. The van der Waals surface area contributed by atoms with Crippen LogP contribution in [0.4, 0.5) is 0 Å². The number of nitrogens with one attached hydrogen (secondary N) is 1. The molecular formula is C24H28Cl2N2O2S. The van der Waals surface area contributed by atoms with Crippen LogP contribution in [0.3, 0.4) is 0 Å². The van der Waals surface area contributed by atoms with Gasteiger partial charge in [0.15, 0.2) is 0 Å². The average molecular weight is 479 g/mol. The van der Waals surface area contributed by atoms with Crippen LogP contribution in [0.15, 0.2) is 48.5 Å². The van der Waals surface area contributed by atoms with E-state index in [4.69, 9.17) is 23.2 Å². The molecule has 3 rings (SSSR count). The molecule has 0 aliphatic heterocycles. The molecule has 0 bridgehead atoms. The minimum Gasteiger partial charge on any atom is -0.352 e. The Hall–Kier alpha value is -1.69. The van der Waals surface area contributed by atoms with Crippen LogP contribution in [0.25, 0.3) is 0 Å². The van der Waals surface area contributed by atoms with Gasteiger partial charge in [-0.1, -0.05) is 72.4 Å². The normalized spacial score (nSPS) is 14.9. The van der Waals surface area contributed by atoms with Crippen LogP contribution in [0, 0.1) is 0 Å². The Morgan fingerprint density at radius 3 is 2.52 bits per heavy atom. The SMILES string of the molecule is C[C@@H](C(=O)NC1CCCC1)N(Cc1ccccc1)C(=O)CSCc1ccc(Cl)cc1Cl. The van der Waals surface area contributed by atoms with E-state index in [1.807, 2.05) is 43.3 Å². The van der Waals surface area contributed by atoms with E-state index in [9.17, 15) is 9.59 Å². The van der Waals surface area contributed by atoms with Crippen LogP contribution >= 0.6 is 35.0 Å². The van der Waals surface area contributed by atoms with Crippen LogP contribution in [-0.2, 0) is 21.9 Å². The van der Waals surface area contributed by atoms with Crippen molar-refractivity contribution in [2.45, 2.75) is 57.0 Å². The molecule has 1 fully saturated rings. The fourth-order valence-electron chi connectivity index (χ4n) is 3.72. The smallest absolute Gasteiger partial charge is 0.242 e. The van der Waals surface area contributed by atoms with Gasteiger partial charge in [0.25, 0.3) is 0 Å². The molecule has 1 saturated carbocycles. The molecule has 31 heavy (non-hydrogen) atoms. The Morgan fingerprint density at radius 1 is 1.13 bits per heavy atom. The Kier molecular flexibility index (Phi) is 9.12. The third-order valence-corrected chi connectivity index (χ3v) is 7.12. The first-order valence-corrected chi connectivity index (χ1v) is 12.5. The maximum absolute atomic E-state index is 13.1. The predicted octanol–water partition coefficient (Wildman–Crippen LogP) is 5.70. The maximum atomic E-state index is 13.1. The lowest BCUT2D eigenvalue weighted by Crippen LogP contribution is -2.50. The summed E-state index contributed by atoms with van der Waals surface area (Å²) in [4.78, 5) is 27.7. The van der Waals surface area contributed by atoms with Gasteiger partial charge in [-0.05, 0) is 43.0 Å². The Balaban J connectivity index is 1.64. The van der Waals surface area contributed by atoms with Gasteiger partial charge in [-0.15, -0.1) is 11.8 Å². The first-order chi connectivity index (χ1) is 14.9. The van der Waals surface area contributed by atoms with Crippen molar-refractivity contribution in [3.05, 3.63) is 69.7 Å². The van der Waals surface area contributed by atoms with Crippen LogP contribution in [0.1, 0.15) is 43.7 Å². The maximum Gasteiger partial charge on any atom is 0.242 e. The predicted molar refractivity (Wildman–Crippen MR) is 129 cm³/mol. The molecule has 1 atom stereocenters. The van der Waals surface area contributed by atoms with E-state index in [1.165, 1.54) is 11.8 Å². The minimum atomic E-state index is -0.534. The third-order valence-electron chi connectivity index (χ3n) is 5.56. The van der Waals surface area contributed by atoms with Gasteiger partial charge < -0.3 is 10.2 Å². The third kappa shape index (κ3) is 7.16. The van der Waals surface area contributed by atoms with E-state index >= 15 is 0 Å². The fourth-order valence-corrected chi connectivity index (χ4v) is 5.19. The number of halogens is 2. The molecule has 0 saturated heterocycles. The molecule has 0 radical (unpaired) electrons. The highest BCUT2D eigenvalue weighted by Crippen LogP contribution is 2.25. The minimum absolute atomic E-state index is 0.0620. The zero-order valence-electron chi connectivity index (χ0n) is 17.7. The number of amides is 2. The summed E-state index contributed by atoms with van der Waals surface area (Å²) in [6.45, 7) is 2.22. The van der Waals surface area contributed by atoms with E-state index in [2.05, 4.69) is 5.32 Å². The monoisotopic (exact) mass is 478 g/mol. The quantitative estimate of drug-likeness (QED) is 0.502. The zero-order valence-corrected chi connectivity index (χ0v) is 20.0. The van der Waals surface area contributed by atoms with Gasteiger partial charge in [0.05, 0.1) is 5.75 Å². The molecule has 2 aromatic carbocycles. The Labute approximate surface area is 198 Å². The van der Waals surface area contributed by atoms with Gasteiger partial charge in [-0.25, -0.2) is 0 Å². The number of hydrogen-bond donors (Lipinski definition) is 1. The summed E-state index contributed by atoms with van der Waals surface area (Å²) in [6, 6.07) is 14.8. The first kappa shape index (κ1) is 24.0. The molecule has 2 amide bonds. The highest BCUT2D eigenvalue weighted by Gasteiger charge is 2.28. The summed E-state index contributed by atoms with van der Waals surface area (Å²) in [5.41, 5.74) is 1.94. The molecule has 2 aromatic rings. The summed E-state index contributed by atoms with van der Waals surface area (Å²) in [6.07, 6.45) is 4.33. The molecule has 4 nitrogen and oxygen atoms in total. The Bertz CT molecular complexity index is 888. The molecule has 0 heterocycles. The van der Waals surface area contributed by atoms with Crippen molar-refractivity contribution in [1.29, 1.82) is 0 Å². The van der Waals surface area contributed by atoms with Crippen LogP contribution in [0.2, 0.25) is 10.0 Å². The van der Waals surface area contributed by atoms with E-state index in [0.717, 1.165) is 36.8 Å². The molecule has 0 unspecified atom stereocenters. The summed E-state index contributed by atoms with van der Waals surface area (Å²) >= 11 is 13.7. The molecule has 1 aliphatic carbocycles. The van der Waals surface area contributed by atoms with Crippen molar-refractivity contribution >= 4 is 46.8 Å². The second kappa shape index (κ2) is 11.8. The van der Waals surface area contributed by atoms with Crippen molar-refractivity contribution in [3.63, 3.8) is 0 Å². The molecule has 0 aromatic heterocycles. The fraction of sp³-hybridized carbons (Fsp3) is 0.417. The number of carbonyl (C=O) groups is 2. The summed E-state index contributed by atoms with van der Waals surface area (Å²) in [5, 5.41) is 4.31. The van der Waals surface area contributed by atoms with E-state index in [0.29, 0.717) is 22.3 Å². The van der Waals surface area contributed by atoms with Crippen molar-refractivity contribution in [2.75, 3.05) is 5.75 Å². The summed E-state index contributed by atoms with van der Waals surface area (Å²) in [5.74, 6) is 0.728. The molecule has 1 N–H and O–H groups in total. The van der Waals surface area contributed by atoms with Gasteiger partial charge >= 0.3 is 0 Å². The molecular weight excluding hydrogens is 451 g/mol. The van der Waals surface area contributed by atoms with E-state index < -0.39 is 6.04 Å². The number of hydrogen-bond acceptors (Lipinski definition) is 3. The van der Waals surface area contributed by atoms with Crippen molar-refractivity contribution in [1.82, 2.24) is 10.2 Å². The molecule has 166 valence electrons. The summed E-state index contributed by atoms with van der Waals surface area (Å²) in [7, 11) is 0. The zero-order chi connectivity index (χ0) is 22.2. The van der Waals surface area contributed by atoms with Crippen molar-refractivity contribution < 1.29 is 9.59 Å². The van der Waals surface area contributed by atoms with Gasteiger partial charge in [-0.3, -0.25) is 9.59 Å². The van der Waals surface area contributed by atoms with Crippen LogP contribution in [0.5, 0.6) is 0 Å². The lowest BCUT2D eigenvalue weighted by atomic mass is 10.1. The van der Waals surface area contributed by atoms with E-state index in [-0.39, 0.29) is 23.6 Å². The highest BCUT2D eigenvalue weighted by molar-refractivity contribution is 7.99. The molecule has 7 heteroatoms. The van der Waals surface area contributed by atoms with Gasteiger partial charge in [0.1, 0.15) is 6.04 Å². The lowest BCUT2D eigenvalue weighted by molar-refractivity contribution is -0.138. The van der Waals surface area contributed by atoms with Gasteiger partial charge in [0, 0.05) is 28.4 Å². The number of rotatable bonds is 9. The van der Waals surface area contributed by atoms with Crippen molar-refractivity contribution in [2.24, 2.45) is 0 Å². The van der Waals surface area contributed by atoms with Gasteiger partial charge in [-0.2, -0.15) is 0 Å². The number of thioether (sulfide) groups is 1. The number of benzene rings is 2.